The number of ether oxygens (including phenoxy) is 2. The molecule has 34 heavy (non-hydrogen) atoms. The molecule has 3 aromatic heterocycles. The second kappa shape index (κ2) is 9.16. The minimum absolute atomic E-state index is 0.100. The number of thioether (sulfide) groups is 1. The van der Waals surface area contributed by atoms with Crippen molar-refractivity contribution in [3.05, 3.63) is 46.8 Å². The summed E-state index contributed by atoms with van der Waals surface area (Å²) in [4.78, 5) is 29.5. The number of fused-ring (bicyclic) bond motifs is 4. The highest BCUT2D eigenvalue weighted by Crippen LogP contribution is 2.37. The predicted molar refractivity (Wildman–Crippen MR) is 129 cm³/mol. The fraction of sp³-hybridized carbons (Fsp3) is 0.500. The van der Waals surface area contributed by atoms with Crippen molar-refractivity contribution in [1.29, 1.82) is 0 Å². The molecule has 0 spiro atoms. The molecule has 3 aliphatic rings. The molecule has 0 radical (unpaired) electrons. The third-order valence-electron chi connectivity index (χ3n) is 7.27. The molecule has 0 saturated carbocycles. The van der Waals surface area contributed by atoms with Crippen molar-refractivity contribution in [3.8, 4) is 11.5 Å². The van der Waals surface area contributed by atoms with Crippen LogP contribution in [0.2, 0.25) is 0 Å². The van der Waals surface area contributed by atoms with Gasteiger partial charge in [0.2, 0.25) is 0 Å². The van der Waals surface area contributed by atoms with Gasteiger partial charge in [0.1, 0.15) is 11.7 Å². The van der Waals surface area contributed by atoms with Crippen molar-refractivity contribution >= 4 is 22.9 Å². The molecule has 3 aliphatic heterocycles. The number of piperidine rings is 1. The molecule has 0 aliphatic carbocycles. The summed E-state index contributed by atoms with van der Waals surface area (Å²) in [6.07, 6.45) is 9.53. The Morgan fingerprint density at radius 2 is 1.94 bits per heavy atom. The van der Waals surface area contributed by atoms with Crippen LogP contribution < -0.4 is 20.3 Å². The Kier molecular flexibility index (Phi) is 5.88. The number of nitrogens with zero attached hydrogens (tertiary/aromatic N) is 5. The molecule has 2 saturated heterocycles. The minimum atomic E-state index is -0.100. The van der Waals surface area contributed by atoms with Gasteiger partial charge in [0.15, 0.2) is 11.4 Å². The second-order valence-corrected chi connectivity index (χ2v) is 10.1. The summed E-state index contributed by atoms with van der Waals surface area (Å²) in [7, 11) is 1.60. The van der Waals surface area contributed by atoms with E-state index in [1.807, 2.05) is 12.3 Å². The summed E-state index contributed by atoms with van der Waals surface area (Å²) >= 11 is 1.73. The van der Waals surface area contributed by atoms with E-state index < -0.39 is 0 Å². The summed E-state index contributed by atoms with van der Waals surface area (Å²) in [5, 5.41) is 3.75. The number of hydrogen-bond acceptors (Lipinski definition) is 9. The molecule has 2 fully saturated rings. The SMILES string of the molecule is COc1cnc2ncc(=O)n(CCN3[C@@H]4CC[C@H]3CC(NCc3cc5c(cn3)OCS5)C4)c2c1. The second-order valence-electron chi connectivity index (χ2n) is 9.17. The summed E-state index contributed by atoms with van der Waals surface area (Å²) in [6.45, 7) is 2.25. The molecule has 1 N–H and O–H groups in total. The van der Waals surface area contributed by atoms with Gasteiger partial charge < -0.3 is 19.4 Å². The molecule has 2 bridgehead atoms. The maximum atomic E-state index is 12.6. The van der Waals surface area contributed by atoms with E-state index in [2.05, 4.69) is 31.2 Å². The van der Waals surface area contributed by atoms with Crippen molar-refractivity contribution < 1.29 is 9.47 Å². The van der Waals surface area contributed by atoms with Gasteiger partial charge >= 0.3 is 0 Å². The predicted octanol–water partition coefficient (Wildman–Crippen LogP) is 2.42. The van der Waals surface area contributed by atoms with Crippen LogP contribution >= 0.6 is 11.8 Å². The largest absolute Gasteiger partial charge is 0.495 e. The molecule has 1 unspecified atom stereocenters. The zero-order valence-electron chi connectivity index (χ0n) is 19.1. The lowest BCUT2D eigenvalue weighted by atomic mass is 9.97. The van der Waals surface area contributed by atoms with Crippen molar-refractivity contribution in [2.45, 2.75) is 61.8 Å². The van der Waals surface area contributed by atoms with Crippen LogP contribution in [0.25, 0.3) is 11.2 Å². The van der Waals surface area contributed by atoms with Crippen molar-refractivity contribution in [3.63, 3.8) is 0 Å². The normalized spacial score (nSPS) is 23.7. The highest BCUT2D eigenvalue weighted by molar-refractivity contribution is 7.99. The number of aromatic nitrogens is 4. The van der Waals surface area contributed by atoms with Gasteiger partial charge in [0, 0.05) is 43.8 Å². The van der Waals surface area contributed by atoms with Crippen LogP contribution in [0, 0.1) is 0 Å². The summed E-state index contributed by atoms with van der Waals surface area (Å²) in [5.74, 6) is 2.21. The van der Waals surface area contributed by atoms with E-state index in [0.717, 1.165) is 42.9 Å². The molecular formula is C24H28N6O3S. The van der Waals surface area contributed by atoms with Gasteiger partial charge in [-0.15, -0.1) is 0 Å². The van der Waals surface area contributed by atoms with Crippen LogP contribution in [0.15, 0.2) is 40.4 Å². The fourth-order valence-corrected chi connectivity index (χ4v) is 6.37. The van der Waals surface area contributed by atoms with Gasteiger partial charge in [-0.2, -0.15) is 0 Å². The summed E-state index contributed by atoms with van der Waals surface area (Å²) in [6, 6.07) is 5.57. The first-order chi connectivity index (χ1) is 16.7. The topological polar surface area (TPSA) is 94.4 Å². The van der Waals surface area contributed by atoms with Crippen LogP contribution in [0.5, 0.6) is 11.5 Å². The van der Waals surface area contributed by atoms with Crippen LogP contribution in [-0.4, -0.2) is 62.1 Å². The van der Waals surface area contributed by atoms with E-state index in [9.17, 15) is 4.79 Å². The average Bonchev–Trinajstić information content (AvgIpc) is 3.42. The highest BCUT2D eigenvalue weighted by atomic mass is 32.2. The smallest absolute Gasteiger partial charge is 0.269 e. The summed E-state index contributed by atoms with van der Waals surface area (Å²) in [5.41, 5.74) is 2.26. The maximum Gasteiger partial charge on any atom is 0.269 e. The zero-order valence-corrected chi connectivity index (χ0v) is 20.0. The molecule has 178 valence electrons. The van der Waals surface area contributed by atoms with E-state index >= 15 is 0 Å². The fourth-order valence-electron chi connectivity index (χ4n) is 5.58. The lowest BCUT2D eigenvalue weighted by Crippen LogP contribution is -2.50. The Hall–Kier alpha value is -2.69. The molecular weight excluding hydrogens is 452 g/mol. The van der Waals surface area contributed by atoms with E-state index in [0.29, 0.717) is 42.0 Å². The first-order valence-electron chi connectivity index (χ1n) is 11.8. The number of hydrogen-bond donors (Lipinski definition) is 1. The Balaban J connectivity index is 1.10. The van der Waals surface area contributed by atoms with Crippen molar-refractivity contribution in [2.24, 2.45) is 0 Å². The lowest BCUT2D eigenvalue weighted by Gasteiger charge is -2.39. The van der Waals surface area contributed by atoms with Gasteiger partial charge in [0.05, 0.1) is 41.8 Å². The maximum absolute atomic E-state index is 12.6. The van der Waals surface area contributed by atoms with E-state index in [1.165, 1.54) is 23.9 Å². The first-order valence-corrected chi connectivity index (χ1v) is 12.8. The third kappa shape index (κ3) is 4.14. The standard InChI is InChI=1S/C24H28N6O3S/c1-32-19-9-20-24(27-11-19)28-13-23(31)30(20)5-4-29-17-2-3-18(29)7-15(6-17)25-10-16-8-22-21(12-26-16)33-14-34-22/h8-9,11-13,15,17-18,25H,2-7,10,14H2,1H3/t15?,17-,18+. The van der Waals surface area contributed by atoms with E-state index in [4.69, 9.17) is 9.47 Å². The Labute approximate surface area is 201 Å². The van der Waals surface area contributed by atoms with Crippen LogP contribution in [0.4, 0.5) is 0 Å². The van der Waals surface area contributed by atoms with Crippen LogP contribution in [-0.2, 0) is 13.1 Å². The van der Waals surface area contributed by atoms with Gasteiger partial charge in [-0.05, 0) is 31.7 Å². The Bertz CT molecular complexity index is 1250. The Morgan fingerprint density at radius 3 is 2.76 bits per heavy atom. The zero-order chi connectivity index (χ0) is 23.1. The van der Waals surface area contributed by atoms with Gasteiger partial charge in [-0.25, -0.2) is 9.97 Å². The molecule has 6 rings (SSSR count). The monoisotopic (exact) mass is 480 g/mol. The van der Waals surface area contributed by atoms with Gasteiger partial charge in [-0.3, -0.25) is 14.7 Å². The molecule has 3 atom stereocenters. The number of nitrogens with one attached hydrogen (secondary N) is 1. The van der Waals surface area contributed by atoms with Gasteiger partial charge in [-0.1, -0.05) is 11.8 Å². The van der Waals surface area contributed by atoms with E-state index in [-0.39, 0.29) is 5.56 Å². The molecule has 0 aromatic carbocycles. The average molecular weight is 481 g/mol. The van der Waals surface area contributed by atoms with Crippen molar-refractivity contribution in [2.75, 3.05) is 19.6 Å². The van der Waals surface area contributed by atoms with Crippen molar-refractivity contribution in [1.82, 2.24) is 29.7 Å². The number of pyridine rings is 2. The van der Waals surface area contributed by atoms with Crippen LogP contribution in [0.1, 0.15) is 31.4 Å². The molecule has 3 aromatic rings. The van der Waals surface area contributed by atoms with E-state index in [1.54, 1.807) is 29.6 Å². The highest BCUT2D eigenvalue weighted by Gasteiger charge is 2.40. The molecule has 10 heteroatoms. The lowest BCUT2D eigenvalue weighted by molar-refractivity contribution is 0.112. The number of methoxy groups -OCH3 is 1. The Morgan fingerprint density at radius 1 is 1.12 bits per heavy atom. The van der Waals surface area contributed by atoms with Gasteiger partial charge in [0.25, 0.3) is 5.56 Å². The molecule has 0 amide bonds. The summed E-state index contributed by atoms with van der Waals surface area (Å²) < 4.78 is 12.6. The van der Waals surface area contributed by atoms with Crippen LogP contribution in [0.3, 0.4) is 0 Å². The number of rotatable bonds is 7. The third-order valence-corrected chi connectivity index (χ3v) is 8.13. The quantitative estimate of drug-likeness (QED) is 0.547. The first kappa shape index (κ1) is 21.8. The minimum Gasteiger partial charge on any atom is -0.495 e. The molecule has 9 nitrogen and oxygen atoms in total. The molecule has 6 heterocycles.